The second-order valence-electron chi connectivity index (χ2n) is 9.92. The molecule has 1 aliphatic carbocycles. The summed E-state index contributed by atoms with van der Waals surface area (Å²) in [6, 6.07) is 25.3. The highest BCUT2D eigenvalue weighted by Gasteiger charge is 2.41. The summed E-state index contributed by atoms with van der Waals surface area (Å²) in [4.78, 5) is 13.9. The Morgan fingerprint density at radius 2 is 1.66 bits per heavy atom. The molecule has 38 heavy (non-hydrogen) atoms. The molecule has 7 rings (SSSR count). The van der Waals surface area contributed by atoms with Crippen LogP contribution in [0.15, 0.2) is 91.4 Å². The van der Waals surface area contributed by atoms with Crippen LogP contribution in [0.4, 0.5) is 0 Å². The molecule has 3 N–H and O–H groups in total. The van der Waals surface area contributed by atoms with E-state index in [2.05, 4.69) is 67.9 Å². The Labute approximate surface area is 219 Å². The van der Waals surface area contributed by atoms with Crippen LogP contribution in [0, 0.1) is 0 Å². The normalized spacial score (nSPS) is 19.1. The van der Waals surface area contributed by atoms with Gasteiger partial charge in [0.15, 0.2) is 11.5 Å². The molecule has 2 aromatic carbocycles. The molecule has 186 valence electrons. The maximum absolute atomic E-state index is 6.69. The van der Waals surface area contributed by atoms with Crippen LogP contribution in [0.1, 0.15) is 18.4 Å². The van der Waals surface area contributed by atoms with Gasteiger partial charge in [-0.2, -0.15) is 0 Å². The van der Waals surface area contributed by atoms with Crippen molar-refractivity contribution in [3.63, 3.8) is 0 Å². The quantitative estimate of drug-likeness (QED) is 0.358. The van der Waals surface area contributed by atoms with Gasteiger partial charge in [-0.1, -0.05) is 54.6 Å². The molecule has 0 atom stereocenters. The minimum absolute atomic E-state index is 0.273. The predicted molar refractivity (Wildman–Crippen MR) is 148 cm³/mol. The van der Waals surface area contributed by atoms with Crippen LogP contribution in [0.3, 0.4) is 0 Å². The van der Waals surface area contributed by atoms with Crippen molar-refractivity contribution in [3.8, 4) is 34.0 Å². The zero-order valence-electron chi connectivity index (χ0n) is 20.9. The van der Waals surface area contributed by atoms with Crippen molar-refractivity contribution in [1.82, 2.24) is 34.9 Å². The van der Waals surface area contributed by atoms with Gasteiger partial charge in [0.25, 0.3) is 0 Å². The number of hydrogen-bond donors (Lipinski definition) is 2. The molecule has 1 aliphatic rings. The molecule has 4 aromatic heterocycles. The van der Waals surface area contributed by atoms with E-state index in [0.29, 0.717) is 23.3 Å². The summed E-state index contributed by atoms with van der Waals surface area (Å²) < 4.78 is 1.92. The standard InChI is InChI=1S/C30H26N8/c1-32-22-17-30(31,18-22)21-10-8-20(9-11-21)26-23(19-6-3-2-4-7-19)16-24-25(35-26)12-15-38-28(24)36-37-29(38)27-33-13-5-14-34-27/h2-16,22,32H,17-18,31H2,1H3. The van der Waals surface area contributed by atoms with E-state index in [1.165, 1.54) is 0 Å². The van der Waals surface area contributed by atoms with E-state index in [1.807, 2.05) is 41.9 Å². The molecule has 0 aliphatic heterocycles. The number of hydrogen-bond acceptors (Lipinski definition) is 7. The third kappa shape index (κ3) is 3.65. The monoisotopic (exact) mass is 498 g/mol. The fourth-order valence-corrected chi connectivity index (χ4v) is 5.44. The molecule has 0 spiro atoms. The lowest BCUT2D eigenvalue weighted by atomic mass is 9.69. The van der Waals surface area contributed by atoms with Crippen molar-refractivity contribution >= 4 is 16.6 Å². The molecule has 0 amide bonds. The van der Waals surface area contributed by atoms with Gasteiger partial charge in [0.1, 0.15) is 0 Å². The number of pyridine rings is 2. The summed E-state index contributed by atoms with van der Waals surface area (Å²) in [6.07, 6.45) is 7.22. The van der Waals surface area contributed by atoms with Crippen LogP contribution in [0.2, 0.25) is 0 Å². The van der Waals surface area contributed by atoms with E-state index in [0.717, 1.165) is 51.7 Å². The highest BCUT2D eigenvalue weighted by molar-refractivity contribution is 5.98. The van der Waals surface area contributed by atoms with E-state index in [4.69, 9.17) is 10.7 Å². The maximum atomic E-state index is 6.69. The van der Waals surface area contributed by atoms with Crippen LogP contribution in [0.5, 0.6) is 0 Å². The van der Waals surface area contributed by atoms with Crippen molar-refractivity contribution < 1.29 is 0 Å². The van der Waals surface area contributed by atoms with Gasteiger partial charge >= 0.3 is 0 Å². The third-order valence-electron chi connectivity index (χ3n) is 7.58. The average molecular weight is 499 g/mol. The van der Waals surface area contributed by atoms with Crippen LogP contribution in [0.25, 0.3) is 50.6 Å². The number of nitrogens with two attached hydrogens (primary N) is 1. The fourth-order valence-electron chi connectivity index (χ4n) is 5.44. The van der Waals surface area contributed by atoms with Crippen molar-refractivity contribution in [1.29, 1.82) is 0 Å². The highest BCUT2D eigenvalue weighted by atomic mass is 15.3. The summed E-state index contributed by atoms with van der Waals surface area (Å²) in [7, 11) is 1.99. The van der Waals surface area contributed by atoms with Crippen LogP contribution >= 0.6 is 0 Å². The molecule has 0 unspecified atom stereocenters. The molecule has 0 saturated heterocycles. The molecule has 8 nitrogen and oxygen atoms in total. The first kappa shape index (κ1) is 22.7. The van der Waals surface area contributed by atoms with Crippen molar-refractivity contribution in [3.05, 3.63) is 97.0 Å². The highest BCUT2D eigenvalue weighted by Crippen LogP contribution is 2.40. The van der Waals surface area contributed by atoms with Gasteiger partial charge in [0.05, 0.1) is 11.2 Å². The van der Waals surface area contributed by atoms with Gasteiger partial charge in [-0.15, -0.1) is 10.2 Å². The Bertz CT molecular complexity index is 1760. The SMILES string of the molecule is CNC1CC(N)(c2ccc(-c3nc4ccn5c(-c6ncccn6)nnc5c4cc3-c3ccccc3)cc2)C1. The second-order valence-corrected chi connectivity index (χ2v) is 9.92. The molecular formula is C30H26N8. The molecule has 1 fully saturated rings. The molecule has 4 heterocycles. The van der Waals surface area contributed by atoms with Gasteiger partial charge in [0.2, 0.25) is 5.82 Å². The zero-order valence-corrected chi connectivity index (χ0v) is 20.9. The Morgan fingerprint density at radius 1 is 0.895 bits per heavy atom. The van der Waals surface area contributed by atoms with Crippen molar-refractivity contribution in [2.45, 2.75) is 24.4 Å². The number of fused-ring (bicyclic) bond motifs is 3. The molecule has 6 aromatic rings. The summed E-state index contributed by atoms with van der Waals surface area (Å²) in [5.74, 6) is 1.12. The van der Waals surface area contributed by atoms with E-state index in [9.17, 15) is 0 Å². The fraction of sp³-hybridized carbons (Fsp3) is 0.167. The Morgan fingerprint density at radius 3 is 2.39 bits per heavy atom. The zero-order chi connectivity index (χ0) is 25.7. The minimum Gasteiger partial charge on any atom is -0.321 e. The lowest BCUT2D eigenvalue weighted by Crippen LogP contribution is -2.56. The second kappa shape index (κ2) is 8.79. The molecule has 0 radical (unpaired) electrons. The first-order valence-electron chi connectivity index (χ1n) is 12.7. The lowest BCUT2D eigenvalue weighted by Gasteiger charge is -2.45. The van der Waals surface area contributed by atoms with Gasteiger partial charge in [-0.05, 0) is 49.2 Å². The Balaban J connectivity index is 1.38. The summed E-state index contributed by atoms with van der Waals surface area (Å²) in [5, 5.41) is 13.1. The summed E-state index contributed by atoms with van der Waals surface area (Å²) >= 11 is 0. The molecule has 0 bridgehead atoms. The van der Waals surface area contributed by atoms with E-state index >= 15 is 0 Å². The minimum atomic E-state index is -0.273. The topological polar surface area (TPSA) is 107 Å². The van der Waals surface area contributed by atoms with Crippen molar-refractivity contribution in [2.24, 2.45) is 5.73 Å². The van der Waals surface area contributed by atoms with Crippen LogP contribution in [-0.4, -0.2) is 42.6 Å². The van der Waals surface area contributed by atoms with Gasteiger partial charge < -0.3 is 11.1 Å². The molecule has 1 saturated carbocycles. The van der Waals surface area contributed by atoms with Gasteiger partial charge in [0, 0.05) is 46.7 Å². The Kier molecular flexibility index (Phi) is 5.24. The van der Waals surface area contributed by atoms with Crippen LogP contribution in [-0.2, 0) is 5.54 Å². The maximum Gasteiger partial charge on any atom is 0.206 e. The van der Waals surface area contributed by atoms with E-state index < -0.39 is 0 Å². The van der Waals surface area contributed by atoms with E-state index in [1.54, 1.807) is 18.5 Å². The number of aromatic nitrogens is 6. The number of rotatable bonds is 5. The van der Waals surface area contributed by atoms with Crippen LogP contribution < -0.4 is 11.1 Å². The summed E-state index contributed by atoms with van der Waals surface area (Å²) in [6.45, 7) is 0. The predicted octanol–water partition coefficient (Wildman–Crippen LogP) is 4.60. The number of nitrogens with zero attached hydrogens (tertiary/aromatic N) is 6. The van der Waals surface area contributed by atoms with Gasteiger partial charge in [-0.3, -0.25) is 4.40 Å². The first-order chi connectivity index (χ1) is 18.6. The smallest absolute Gasteiger partial charge is 0.206 e. The molecular weight excluding hydrogens is 472 g/mol. The third-order valence-corrected chi connectivity index (χ3v) is 7.58. The summed E-state index contributed by atoms with van der Waals surface area (Å²) in [5.41, 5.74) is 13.2. The number of benzene rings is 2. The average Bonchev–Trinajstić information content (AvgIpc) is 3.40. The van der Waals surface area contributed by atoms with Gasteiger partial charge in [-0.25, -0.2) is 15.0 Å². The van der Waals surface area contributed by atoms with E-state index in [-0.39, 0.29) is 5.54 Å². The van der Waals surface area contributed by atoms with Crippen molar-refractivity contribution in [2.75, 3.05) is 7.05 Å². The Hall–Kier alpha value is -4.53. The first-order valence-corrected chi connectivity index (χ1v) is 12.7. The largest absolute Gasteiger partial charge is 0.321 e. The number of nitrogens with one attached hydrogen (secondary N) is 1. The molecule has 8 heteroatoms. The lowest BCUT2D eigenvalue weighted by molar-refractivity contribution is 0.185.